The fraction of sp³-hybridized carbons (Fsp3) is 0.250. The van der Waals surface area contributed by atoms with E-state index in [2.05, 4.69) is 47.9 Å². The molecule has 148 valence electrons. The number of fused-ring (bicyclic) bond motifs is 1. The zero-order valence-electron chi connectivity index (χ0n) is 15.6. The van der Waals surface area contributed by atoms with Crippen molar-refractivity contribution in [3.63, 3.8) is 0 Å². The fourth-order valence-corrected chi connectivity index (χ4v) is 3.38. The second-order valence-corrected chi connectivity index (χ2v) is 7.31. The number of hydrogen-bond acceptors (Lipinski definition) is 5. The van der Waals surface area contributed by atoms with Gasteiger partial charge in [-0.2, -0.15) is 10.1 Å². The number of alkyl halides is 2. The highest BCUT2D eigenvalue weighted by atomic mass is 19.3. The van der Waals surface area contributed by atoms with Crippen molar-refractivity contribution >= 4 is 28.5 Å². The molecule has 1 fully saturated rings. The van der Waals surface area contributed by atoms with E-state index in [-0.39, 0.29) is 12.5 Å². The van der Waals surface area contributed by atoms with E-state index in [1.54, 1.807) is 18.3 Å². The number of hydrogen-bond donors (Lipinski definition) is 4. The third-order valence-electron chi connectivity index (χ3n) is 5.13. The molecule has 0 aliphatic heterocycles. The lowest BCUT2D eigenvalue weighted by molar-refractivity contribution is 0.111. The Kier molecular flexibility index (Phi) is 3.97. The Bertz CT molecular complexity index is 1170. The molecule has 0 bridgehead atoms. The Balaban J connectivity index is 1.28. The van der Waals surface area contributed by atoms with Crippen LogP contribution in [-0.4, -0.2) is 31.1 Å². The van der Waals surface area contributed by atoms with Crippen LogP contribution in [0.4, 0.5) is 26.4 Å². The highest BCUT2D eigenvalue weighted by Gasteiger charge is 2.58. The van der Waals surface area contributed by atoms with Gasteiger partial charge in [-0.1, -0.05) is 6.07 Å². The Hall–Kier alpha value is -3.49. The molecule has 1 aromatic carbocycles. The predicted octanol–water partition coefficient (Wildman–Crippen LogP) is 4.72. The smallest absolute Gasteiger partial charge is 0.257 e. The highest BCUT2D eigenvalue weighted by Crippen LogP contribution is 2.55. The van der Waals surface area contributed by atoms with Crippen molar-refractivity contribution in [2.24, 2.45) is 0 Å². The van der Waals surface area contributed by atoms with E-state index in [0.29, 0.717) is 23.3 Å². The van der Waals surface area contributed by atoms with Crippen molar-refractivity contribution in [3.05, 3.63) is 60.0 Å². The first-order chi connectivity index (χ1) is 14.0. The molecule has 1 unspecified atom stereocenters. The molecule has 2 atom stereocenters. The van der Waals surface area contributed by atoms with Crippen LogP contribution in [0.3, 0.4) is 0 Å². The minimum atomic E-state index is -2.63. The number of nitrogens with one attached hydrogen (secondary N) is 4. The molecule has 3 heterocycles. The first-order valence-corrected chi connectivity index (χ1v) is 9.35. The van der Waals surface area contributed by atoms with Crippen LogP contribution in [-0.2, 0) is 0 Å². The van der Waals surface area contributed by atoms with Crippen LogP contribution in [0, 0.1) is 0 Å². The van der Waals surface area contributed by atoms with E-state index in [1.165, 1.54) is 0 Å². The molecule has 0 spiro atoms. The summed E-state index contributed by atoms with van der Waals surface area (Å²) < 4.78 is 26.4. The van der Waals surface area contributed by atoms with E-state index in [1.807, 2.05) is 25.3 Å². The summed E-state index contributed by atoms with van der Waals surface area (Å²) in [6, 6.07) is 11.5. The monoisotopic (exact) mass is 395 g/mol. The predicted molar refractivity (Wildman–Crippen MR) is 107 cm³/mol. The SMILES string of the molecule is C[C@H](Nc1nccc(Nc2cc(C3CC3(F)F)[nH]n2)n1)c1ccc2[nH]ccc2c1. The summed E-state index contributed by atoms with van der Waals surface area (Å²) in [5.74, 6) is -1.97. The van der Waals surface area contributed by atoms with Crippen LogP contribution in [0.25, 0.3) is 10.9 Å². The maximum Gasteiger partial charge on any atom is 0.257 e. The van der Waals surface area contributed by atoms with Crippen LogP contribution in [0.1, 0.15) is 36.6 Å². The Morgan fingerprint density at radius 3 is 2.86 bits per heavy atom. The number of H-pyrrole nitrogens is 2. The van der Waals surface area contributed by atoms with Crippen LogP contribution in [0.5, 0.6) is 0 Å². The number of rotatable bonds is 6. The number of benzene rings is 1. The maximum absolute atomic E-state index is 13.2. The Morgan fingerprint density at radius 2 is 2.03 bits per heavy atom. The quantitative estimate of drug-likeness (QED) is 0.379. The van der Waals surface area contributed by atoms with Crippen molar-refractivity contribution in [3.8, 4) is 0 Å². The molecule has 4 aromatic rings. The molecule has 7 nitrogen and oxygen atoms in total. The number of halogens is 2. The van der Waals surface area contributed by atoms with Gasteiger partial charge in [-0.25, -0.2) is 13.8 Å². The zero-order chi connectivity index (χ0) is 20.0. The van der Waals surface area contributed by atoms with Gasteiger partial charge in [0.2, 0.25) is 5.95 Å². The molecular weight excluding hydrogens is 376 g/mol. The van der Waals surface area contributed by atoms with Gasteiger partial charge in [0.05, 0.1) is 12.0 Å². The van der Waals surface area contributed by atoms with Crippen molar-refractivity contribution in [1.29, 1.82) is 0 Å². The Morgan fingerprint density at radius 1 is 1.17 bits per heavy atom. The van der Waals surface area contributed by atoms with E-state index < -0.39 is 11.8 Å². The second-order valence-electron chi connectivity index (χ2n) is 7.31. The molecule has 1 saturated carbocycles. The van der Waals surface area contributed by atoms with Gasteiger partial charge in [0.15, 0.2) is 5.82 Å². The summed E-state index contributed by atoms with van der Waals surface area (Å²) in [6.07, 6.45) is 3.40. The minimum absolute atomic E-state index is 0.00126. The van der Waals surface area contributed by atoms with Crippen LogP contribution in [0.2, 0.25) is 0 Å². The molecule has 4 N–H and O–H groups in total. The van der Waals surface area contributed by atoms with Crippen molar-refractivity contribution in [2.75, 3.05) is 10.6 Å². The van der Waals surface area contributed by atoms with Gasteiger partial charge in [0.25, 0.3) is 5.92 Å². The van der Waals surface area contributed by atoms with Crippen molar-refractivity contribution in [2.45, 2.75) is 31.2 Å². The van der Waals surface area contributed by atoms with Crippen LogP contribution in [0.15, 0.2) is 48.8 Å². The molecule has 5 rings (SSSR count). The molecule has 9 heteroatoms. The molecule has 29 heavy (non-hydrogen) atoms. The first-order valence-electron chi connectivity index (χ1n) is 9.35. The fourth-order valence-electron chi connectivity index (χ4n) is 3.38. The van der Waals surface area contributed by atoms with Crippen molar-refractivity contribution < 1.29 is 8.78 Å². The first kappa shape index (κ1) is 17.6. The van der Waals surface area contributed by atoms with Gasteiger partial charge < -0.3 is 15.6 Å². The second kappa shape index (κ2) is 6.54. The minimum Gasteiger partial charge on any atom is -0.361 e. The molecule has 1 aliphatic carbocycles. The summed E-state index contributed by atoms with van der Waals surface area (Å²) >= 11 is 0. The van der Waals surface area contributed by atoms with Gasteiger partial charge in [-0.3, -0.25) is 5.10 Å². The average molecular weight is 395 g/mol. The molecule has 3 aromatic heterocycles. The average Bonchev–Trinajstić information content (AvgIpc) is 3.08. The van der Waals surface area contributed by atoms with E-state index in [4.69, 9.17) is 0 Å². The third-order valence-corrected chi connectivity index (χ3v) is 5.13. The number of aromatic nitrogens is 5. The molecule has 0 saturated heterocycles. The normalized spacial score (nSPS) is 18.5. The van der Waals surface area contributed by atoms with Gasteiger partial charge in [-0.05, 0) is 42.1 Å². The summed E-state index contributed by atoms with van der Waals surface area (Å²) in [5.41, 5.74) is 2.63. The standard InChI is InChI=1S/C20H19F2N7/c1-11(12-2-3-15-13(8-12)4-6-23-15)25-19-24-7-5-17(27-19)26-18-9-16(28-29-18)14-10-20(14,21)22/h2-9,11,14,23H,10H2,1H3,(H3,24,25,26,27,28,29)/t11-,14?/m0/s1. The van der Waals surface area contributed by atoms with E-state index in [0.717, 1.165) is 16.5 Å². The topological polar surface area (TPSA) is 94.3 Å². The Labute approximate surface area is 165 Å². The summed E-state index contributed by atoms with van der Waals surface area (Å²) in [6.45, 7) is 2.03. The van der Waals surface area contributed by atoms with Gasteiger partial charge in [0.1, 0.15) is 5.82 Å². The molecular formula is C20H19F2N7. The van der Waals surface area contributed by atoms with E-state index >= 15 is 0 Å². The van der Waals surface area contributed by atoms with Crippen LogP contribution < -0.4 is 10.6 Å². The lowest BCUT2D eigenvalue weighted by Gasteiger charge is -2.15. The van der Waals surface area contributed by atoms with E-state index in [9.17, 15) is 8.78 Å². The third kappa shape index (κ3) is 3.51. The molecule has 0 radical (unpaired) electrons. The highest BCUT2D eigenvalue weighted by molar-refractivity contribution is 5.80. The maximum atomic E-state index is 13.2. The molecule has 1 aliphatic rings. The molecule has 0 amide bonds. The summed E-state index contributed by atoms with van der Waals surface area (Å²) in [7, 11) is 0. The van der Waals surface area contributed by atoms with Gasteiger partial charge in [-0.15, -0.1) is 0 Å². The van der Waals surface area contributed by atoms with Gasteiger partial charge >= 0.3 is 0 Å². The largest absolute Gasteiger partial charge is 0.361 e. The summed E-state index contributed by atoms with van der Waals surface area (Å²) in [4.78, 5) is 11.9. The van der Waals surface area contributed by atoms with Gasteiger partial charge in [0, 0.05) is 36.1 Å². The summed E-state index contributed by atoms with van der Waals surface area (Å²) in [5, 5.41) is 14.2. The number of nitrogens with zero attached hydrogens (tertiary/aromatic N) is 3. The van der Waals surface area contributed by atoms with Crippen LogP contribution >= 0.6 is 0 Å². The number of anilines is 3. The lowest BCUT2D eigenvalue weighted by atomic mass is 10.1. The lowest BCUT2D eigenvalue weighted by Crippen LogP contribution is -2.10. The van der Waals surface area contributed by atoms with Crippen molar-refractivity contribution in [1.82, 2.24) is 25.1 Å². The zero-order valence-corrected chi connectivity index (χ0v) is 15.6. The number of aromatic amines is 2.